The molecule has 176 valence electrons. The van der Waals surface area contributed by atoms with Crippen LogP contribution in [0.5, 0.6) is 0 Å². The van der Waals surface area contributed by atoms with Gasteiger partial charge in [0, 0.05) is 48.0 Å². The Bertz CT molecular complexity index is 1270. The molecule has 0 atom stereocenters. The van der Waals surface area contributed by atoms with Gasteiger partial charge in [0.2, 0.25) is 0 Å². The van der Waals surface area contributed by atoms with Gasteiger partial charge in [0.1, 0.15) is 0 Å². The molecule has 0 unspecified atom stereocenters. The van der Waals surface area contributed by atoms with E-state index >= 15 is 0 Å². The Morgan fingerprint density at radius 1 is 1.03 bits per heavy atom. The average Bonchev–Trinajstić information content (AvgIpc) is 3.25. The van der Waals surface area contributed by atoms with Gasteiger partial charge in [0.15, 0.2) is 0 Å². The number of hydrogen-bond donors (Lipinski definition) is 0. The second-order valence-corrected chi connectivity index (χ2v) is 8.18. The number of carbonyl (C=O) groups excluding carboxylic acids is 1. The summed E-state index contributed by atoms with van der Waals surface area (Å²) in [6, 6.07) is 10.2. The highest BCUT2D eigenvalue weighted by Gasteiger charge is 2.20. The molecular weight excluding hydrogens is 428 g/mol. The van der Waals surface area contributed by atoms with E-state index in [1.54, 1.807) is 12.4 Å². The van der Waals surface area contributed by atoms with Crippen LogP contribution in [0.3, 0.4) is 0 Å². The van der Waals surface area contributed by atoms with Gasteiger partial charge in [-0.3, -0.25) is 14.8 Å². The number of hydrogen-bond acceptors (Lipinski definition) is 6. The lowest BCUT2D eigenvalue weighted by Gasteiger charge is -2.18. The molecule has 0 bridgehead atoms. The van der Waals surface area contributed by atoms with Crippen LogP contribution in [-0.4, -0.2) is 32.2 Å². The number of aryl methyl sites for hydroxylation is 2. The summed E-state index contributed by atoms with van der Waals surface area (Å²) >= 11 is 0. The van der Waals surface area contributed by atoms with Crippen molar-refractivity contribution >= 4 is 11.5 Å². The number of pyridine rings is 2. The van der Waals surface area contributed by atoms with Gasteiger partial charge < -0.3 is 9.47 Å². The molecule has 0 saturated heterocycles. The van der Waals surface area contributed by atoms with Crippen molar-refractivity contribution in [1.29, 1.82) is 0 Å². The van der Waals surface area contributed by atoms with Crippen LogP contribution in [0, 0.1) is 6.92 Å². The Balaban J connectivity index is 1.79. The summed E-state index contributed by atoms with van der Waals surface area (Å²) in [4.78, 5) is 20.7. The quantitative estimate of drug-likeness (QED) is 0.315. The first-order valence-electron chi connectivity index (χ1n) is 11.7. The third-order valence-electron chi connectivity index (χ3n) is 5.73. The standard InChI is InChI=1S/C27H30N4O3/c1-4-22-6-8-25-27(21-14-19(3)15-29-16-21)23(7-9-26(32)34-5-2)24(30-31(22)25)18-33-17-20-10-12-28-13-11-20/h6,8,10-16H,4-5,7,9,17-18H2,1-3H3. The Kier molecular flexibility index (Phi) is 7.65. The molecule has 4 heterocycles. The summed E-state index contributed by atoms with van der Waals surface area (Å²) in [5.41, 5.74) is 8.08. The van der Waals surface area contributed by atoms with Crippen molar-refractivity contribution in [1.82, 2.24) is 19.6 Å². The normalized spacial score (nSPS) is 11.1. The van der Waals surface area contributed by atoms with Crippen molar-refractivity contribution in [2.24, 2.45) is 0 Å². The number of esters is 1. The van der Waals surface area contributed by atoms with Crippen LogP contribution in [0.25, 0.3) is 16.6 Å². The van der Waals surface area contributed by atoms with Crippen LogP contribution < -0.4 is 0 Å². The molecule has 0 saturated carbocycles. The Labute approximate surface area is 199 Å². The minimum Gasteiger partial charge on any atom is -0.466 e. The highest BCUT2D eigenvalue weighted by atomic mass is 16.5. The van der Waals surface area contributed by atoms with E-state index in [0.717, 1.165) is 51.1 Å². The van der Waals surface area contributed by atoms with E-state index in [-0.39, 0.29) is 12.4 Å². The van der Waals surface area contributed by atoms with E-state index in [2.05, 4.69) is 35.1 Å². The fraction of sp³-hybridized carbons (Fsp3) is 0.333. The fourth-order valence-corrected chi connectivity index (χ4v) is 4.13. The minimum atomic E-state index is -0.219. The van der Waals surface area contributed by atoms with Crippen molar-refractivity contribution < 1.29 is 14.3 Å². The largest absolute Gasteiger partial charge is 0.466 e. The summed E-state index contributed by atoms with van der Waals surface area (Å²) in [5, 5.41) is 4.98. The number of ether oxygens (including phenoxy) is 2. The highest BCUT2D eigenvalue weighted by Crippen LogP contribution is 2.33. The fourth-order valence-electron chi connectivity index (χ4n) is 4.13. The molecule has 4 aromatic heterocycles. The summed E-state index contributed by atoms with van der Waals surface area (Å²) in [7, 11) is 0. The van der Waals surface area contributed by atoms with Gasteiger partial charge in [0.05, 0.1) is 31.0 Å². The molecule has 4 aromatic rings. The second kappa shape index (κ2) is 11.0. The van der Waals surface area contributed by atoms with E-state index < -0.39 is 0 Å². The third kappa shape index (κ3) is 5.31. The van der Waals surface area contributed by atoms with Gasteiger partial charge in [-0.05, 0) is 73.7 Å². The Hall–Kier alpha value is -3.58. The monoisotopic (exact) mass is 458 g/mol. The van der Waals surface area contributed by atoms with E-state index in [1.165, 1.54) is 0 Å². The third-order valence-corrected chi connectivity index (χ3v) is 5.73. The maximum atomic E-state index is 12.2. The Morgan fingerprint density at radius 2 is 1.85 bits per heavy atom. The molecule has 0 fully saturated rings. The van der Waals surface area contributed by atoms with Crippen LogP contribution in [0.4, 0.5) is 0 Å². The van der Waals surface area contributed by atoms with Gasteiger partial charge in [-0.1, -0.05) is 6.92 Å². The molecule has 0 N–H and O–H groups in total. The first-order chi connectivity index (χ1) is 16.6. The first kappa shape index (κ1) is 23.6. The van der Waals surface area contributed by atoms with Crippen LogP contribution in [-0.2, 0) is 40.3 Å². The molecule has 0 radical (unpaired) electrons. The van der Waals surface area contributed by atoms with Gasteiger partial charge in [-0.15, -0.1) is 0 Å². The highest BCUT2D eigenvalue weighted by molar-refractivity contribution is 5.84. The predicted molar refractivity (Wildman–Crippen MR) is 130 cm³/mol. The maximum absolute atomic E-state index is 12.2. The smallest absolute Gasteiger partial charge is 0.306 e. The zero-order valence-corrected chi connectivity index (χ0v) is 20.0. The topological polar surface area (TPSA) is 78.6 Å². The van der Waals surface area contributed by atoms with E-state index in [1.807, 2.05) is 42.9 Å². The first-order valence-corrected chi connectivity index (χ1v) is 11.7. The van der Waals surface area contributed by atoms with Crippen molar-refractivity contribution in [3.05, 3.63) is 83.2 Å². The second-order valence-electron chi connectivity index (χ2n) is 8.18. The lowest BCUT2D eigenvalue weighted by molar-refractivity contribution is -0.143. The Morgan fingerprint density at radius 3 is 2.59 bits per heavy atom. The van der Waals surface area contributed by atoms with Gasteiger partial charge >= 0.3 is 5.97 Å². The molecule has 0 aliphatic rings. The van der Waals surface area contributed by atoms with Crippen molar-refractivity contribution in [3.8, 4) is 11.1 Å². The minimum absolute atomic E-state index is 0.219. The molecule has 0 amide bonds. The summed E-state index contributed by atoms with van der Waals surface area (Å²) < 4.78 is 13.3. The molecule has 7 nitrogen and oxygen atoms in total. The van der Waals surface area contributed by atoms with Crippen LogP contribution in [0.2, 0.25) is 0 Å². The molecule has 0 aliphatic carbocycles. The van der Waals surface area contributed by atoms with E-state index in [9.17, 15) is 4.79 Å². The summed E-state index contributed by atoms with van der Waals surface area (Å²) in [6.07, 6.45) is 8.86. The van der Waals surface area contributed by atoms with E-state index in [4.69, 9.17) is 14.6 Å². The molecule has 0 spiro atoms. The number of fused-ring (bicyclic) bond motifs is 1. The molecule has 0 aromatic carbocycles. The van der Waals surface area contributed by atoms with Crippen molar-refractivity contribution in [2.75, 3.05) is 6.61 Å². The number of carbonyl (C=O) groups is 1. The lowest BCUT2D eigenvalue weighted by Crippen LogP contribution is -2.12. The maximum Gasteiger partial charge on any atom is 0.306 e. The number of nitrogens with zero attached hydrogens (tertiary/aromatic N) is 4. The number of rotatable bonds is 10. The number of aromatic nitrogens is 4. The van der Waals surface area contributed by atoms with Gasteiger partial charge in [-0.25, -0.2) is 4.52 Å². The lowest BCUT2D eigenvalue weighted by atomic mass is 9.95. The van der Waals surface area contributed by atoms with Gasteiger partial charge in [0.25, 0.3) is 0 Å². The molecule has 7 heteroatoms. The zero-order valence-electron chi connectivity index (χ0n) is 20.0. The van der Waals surface area contributed by atoms with Crippen LogP contribution in [0.15, 0.2) is 55.1 Å². The SMILES string of the molecule is CCOC(=O)CCc1c(COCc2ccncc2)nn2c(CC)ccc2c1-c1cncc(C)c1. The van der Waals surface area contributed by atoms with Crippen LogP contribution in [0.1, 0.15) is 48.3 Å². The predicted octanol–water partition coefficient (Wildman–Crippen LogP) is 4.87. The molecular formula is C27H30N4O3. The van der Waals surface area contributed by atoms with Gasteiger partial charge in [-0.2, -0.15) is 5.10 Å². The van der Waals surface area contributed by atoms with Crippen molar-refractivity contribution in [3.63, 3.8) is 0 Å². The molecule has 34 heavy (non-hydrogen) atoms. The summed E-state index contributed by atoms with van der Waals surface area (Å²) in [5.74, 6) is -0.219. The zero-order chi connectivity index (χ0) is 23.9. The van der Waals surface area contributed by atoms with Crippen molar-refractivity contribution in [2.45, 2.75) is 53.2 Å². The average molecular weight is 459 g/mol. The molecule has 4 rings (SSSR count). The van der Waals surface area contributed by atoms with Crippen LogP contribution >= 0.6 is 0 Å². The molecule has 0 aliphatic heterocycles. The summed E-state index contributed by atoms with van der Waals surface area (Å²) in [6.45, 7) is 7.11. The van der Waals surface area contributed by atoms with E-state index in [0.29, 0.717) is 26.2 Å².